The van der Waals surface area contributed by atoms with Gasteiger partial charge in [-0.1, -0.05) is 30.3 Å². The molecule has 0 saturated heterocycles. The van der Waals surface area contributed by atoms with E-state index < -0.39 is 0 Å². The Morgan fingerprint density at radius 1 is 1.22 bits per heavy atom. The van der Waals surface area contributed by atoms with E-state index in [0.717, 1.165) is 28.2 Å². The maximum absolute atomic E-state index is 11.4. The van der Waals surface area contributed by atoms with Gasteiger partial charge in [-0.3, -0.25) is 9.20 Å². The summed E-state index contributed by atoms with van der Waals surface area (Å²) in [4.78, 5) is 18.0. The molecular weight excluding hydrogens is 244 g/mol. The van der Waals surface area contributed by atoms with E-state index in [1.807, 2.05) is 48.6 Å². The standard InChI is InChI=1S/C14H12N2OS/c1-9-10(2)18-14-15-13(12(8-17)16(9)14)11-6-4-3-5-7-11/h3-8H,1-2H3. The minimum Gasteiger partial charge on any atom is -0.296 e. The summed E-state index contributed by atoms with van der Waals surface area (Å²) in [5.74, 6) is 0. The molecule has 0 fully saturated rings. The molecule has 4 heteroatoms. The summed E-state index contributed by atoms with van der Waals surface area (Å²) in [6, 6.07) is 9.81. The van der Waals surface area contributed by atoms with Crippen LogP contribution >= 0.6 is 11.3 Å². The molecule has 3 nitrogen and oxygen atoms in total. The first kappa shape index (κ1) is 11.2. The van der Waals surface area contributed by atoms with Gasteiger partial charge in [-0.15, -0.1) is 11.3 Å². The van der Waals surface area contributed by atoms with Crippen molar-refractivity contribution in [3.63, 3.8) is 0 Å². The minimum atomic E-state index is 0.637. The van der Waals surface area contributed by atoms with Crippen LogP contribution in [0.25, 0.3) is 16.2 Å². The van der Waals surface area contributed by atoms with Gasteiger partial charge in [0.15, 0.2) is 11.2 Å². The first-order valence-electron chi connectivity index (χ1n) is 5.71. The van der Waals surface area contributed by atoms with Gasteiger partial charge in [0.25, 0.3) is 0 Å². The molecule has 0 radical (unpaired) electrons. The quantitative estimate of drug-likeness (QED) is 0.658. The van der Waals surface area contributed by atoms with Gasteiger partial charge < -0.3 is 0 Å². The summed E-state index contributed by atoms with van der Waals surface area (Å²) in [5.41, 5.74) is 3.47. The molecule has 0 bridgehead atoms. The smallest absolute Gasteiger partial charge is 0.195 e. The Balaban J connectivity index is 2.35. The number of aromatic nitrogens is 2. The fourth-order valence-electron chi connectivity index (χ4n) is 2.09. The fraction of sp³-hybridized carbons (Fsp3) is 0.143. The number of aldehydes is 1. The third kappa shape index (κ3) is 1.49. The Kier molecular flexibility index (Phi) is 2.52. The lowest BCUT2D eigenvalue weighted by Gasteiger charge is -1.99. The number of rotatable bonds is 2. The van der Waals surface area contributed by atoms with E-state index in [0.29, 0.717) is 5.69 Å². The molecule has 0 unspecified atom stereocenters. The number of aryl methyl sites for hydroxylation is 2. The van der Waals surface area contributed by atoms with Crippen molar-refractivity contribution in [2.45, 2.75) is 13.8 Å². The van der Waals surface area contributed by atoms with Crippen molar-refractivity contribution in [3.8, 4) is 11.3 Å². The highest BCUT2D eigenvalue weighted by Crippen LogP contribution is 2.29. The van der Waals surface area contributed by atoms with Crippen LogP contribution in [-0.4, -0.2) is 15.7 Å². The highest BCUT2D eigenvalue weighted by Gasteiger charge is 2.17. The number of hydrogen-bond acceptors (Lipinski definition) is 3. The molecule has 0 N–H and O–H groups in total. The molecule has 0 aliphatic heterocycles. The van der Waals surface area contributed by atoms with E-state index in [1.54, 1.807) is 11.3 Å². The number of imidazole rings is 1. The lowest BCUT2D eigenvalue weighted by atomic mass is 10.1. The first-order valence-corrected chi connectivity index (χ1v) is 6.53. The lowest BCUT2D eigenvalue weighted by molar-refractivity contribution is 0.111. The maximum Gasteiger partial charge on any atom is 0.195 e. The molecular formula is C14H12N2OS. The maximum atomic E-state index is 11.4. The predicted octanol–water partition coefficient (Wildman–Crippen LogP) is 3.49. The van der Waals surface area contributed by atoms with Gasteiger partial charge in [-0.05, 0) is 13.8 Å². The van der Waals surface area contributed by atoms with E-state index in [9.17, 15) is 4.79 Å². The number of hydrogen-bond donors (Lipinski definition) is 0. The van der Waals surface area contributed by atoms with Gasteiger partial charge in [0, 0.05) is 16.1 Å². The van der Waals surface area contributed by atoms with Crippen LogP contribution in [0, 0.1) is 13.8 Å². The number of nitrogens with zero attached hydrogens (tertiary/aromatic N) is 2. The second kappa shape index (κ2) is 4.07. The van der Waals surface area contributed by atoms with Crippen molar-refractivity contribution in [2.75, 3.05) is 0 Å². The van der Waals surface area contributed by atoms with Gasteiger partial charge in [-0.2, -0.15) is 0 Å². The molecule has 18 heavy (non-hydrogen) atoms. The van der Waals surface area contributed by atoms with Crippen LogP contribution in [0.15, 0.2) is 30.3 Å². The van der Waals surface area contributed by atoms with Crippen molar-refractivity contribution in [2.24, 2.45) is 0 Å². The molecule has 0 aliphatic rings. The Bertz CT molecular complexity index is 725. The van der Waals surface area contributed by atoms with Crippen LogP contribution in [0.1, 0.15) is 21.1 Å². The molecule has 90 valence electrons. The Morgan fingerprint density at radius 2 is 1.94 bits per heavy atom. The number of carbonyl (C=O) groups is 1. The van der Waals surface area contributed by atoms with Crippen LogP contribution in [0.2, 0.25) is 0 Å². The second-order valence-electron chi connectivity index (χ2n) is 4.19. The normalized spacial score (nSPS) is 11.0. The second-order valence-corrected chi connectivity index (χ2v) is 5.37. The Morgan fingerprint density at radius 3 is 2.61 bits per heavy atom. The highest BCUT2D eigenvalue weighted by atomic mass is 32.1. The third-order valence-corrected chi connectivity index (χ3v) is 4.19. The summed E-state index contributed by atoms with van der Waals surface area (Å²) < 4.78 is 1.94. The van der Waals surface area contributed by atoms with Crippen LogP contribution in [0.3, 0.4) is 0 Å². The molecule has 1 aromatic carbocycles. The van der Waals surface area contributed by atoms with Gasteiger partial charge in [-0.25, -0.2) is 4.98 Å². The van der Waals surface area contributed by atoms with Crippen molar-refractivity contribution < 1.29 is 4.79 Å². The van der Waals surface area contributed by atoms with Crippen LogP contribution in [0.4, 0.5) is 0 Å². The zero-order valence-electron chi connectivity index (χ0n) is 10.2. The molecule has 3 aromatic rings. The van der Waals surface area contributed by atoms with Crippen molar-refractivity contribution >= 4 is 22.6 Å². The largest absolute Gasteiger partial charge is 0.296 e. The van der Waals surface area contributed by atoms with E-state index in [4.69, 9.17) is 0 Å². The average Bonchev–Trinajstić information content (AvgIpc) is 2.88. The summed E-state index contributed by atoms with van der Waals surface area (Å²) in [6.07, 6.45) is 0.890. The number of carbonyl (C=O) groups excluding carboxylic acids is 1. The SMILES string of the molecule is Cc1sc2nc(-c3ccccc3)c(C=O)n2c1C. The Labute approximate surface area is 109 Å². The predicted molar refractivity (Wildman–Crippen MR) is 73.4 cm³/mol. The van der Waals surface area contributed by atoms with Gasteiger partial charge in [0.2, 0.25) is 0 Å². The van der Waals surface area contributed by atoms with Gasteiger partial charge in [0.05, 0.1) is 0 Å². The molecule has 3 rings (SSSR count). The first-order chi connectivity index (χ1) is 8.72. The fourth-order valence-corrected chi connectivity index (χ4v) is 3.07. The van der Waals surface area contributed by atoms with E-state index in [1.165, 1.54) is 4.88 Å². The van der Waals surface area contributed by atoms with Crippen LogP contribution < -0.4 is 0 Å². The number of thiazole rings is 1. The van der Waals surface area contributed by atoms with Gasteiger partial charge >= 0.3 is 0 Å². The molecule has 2 heterocycles. The molecule has 0 atom stereocenters. The van der Waals surface area contributed by atoms with Crippen molar-refractivity contribution in [1.82, 2.24) is 9.38 Å². The average molecular weight is 256 g/mol. The van der Waals surface area contributed by atoms with E-state index in [2.05, 4.69) is 4.98 Å². The summed E-state index contributed by atoms with van der Waals surface area (Å²) in [7, 11) is 0. The number of fused-ring (bicyclic) bond motifs is 1. The van der Waals surface area contributed by atoms with Gasteiger partial charge in [0.1, 0.15) is 11.4 Å². The lowest BCUT2D eigenvalue weighted by Crippen LogP contribution is -1.94. The molecule has 2 aromatic heterocycles. The van der Waals surface area contributed by atoms with E-state index in [-0.39, 0.29) is 0 Å². The van der Waals surface area contributed by atoms with E-state index >= 15 is 0 Å². The topological polar surface area (TPSA) is 34.4 Å². The van der Waals surface area contributed by atoms with Crippen LogP contribution in [0.5, 0.6) is 0 Å². The Hall–Kier alpha value is -1.94. The highest BCUT2D eigenvalue weighted by molar-refractivity contribution is 7.17. The summed E-state index contributed by atoms with van der Waals surface area (Å²) in [5, 5.41) is 0. The number of benzene rings is 1. The molecule has 0 spiro atoms. The monoisotopic (exact) mass is 256 g/mol. The van der Waals surface area contributed by atoms with Crippen molar-refractivity contribution in [1.29, 1.82) is 0 Å². The zero-order chi connectivity index (χ0) is 12.7. The van der Waals surface area contributed by atoms with Crippen LogP contribution in [-0.2, 0) is 0 Å². The van der Waals surface area contributed by atoms with Crippen molar-refractivity contribution in [3.05, 3.63) is 46.6 Å². The minimum absolute atomic E-state index is 0.637. The zero-order valence-corrected chi connectivity index (χ0v) is 11.0. The molecule has 0 aliphatic carbocycles. The summed E-state index contributed by atoms with van der Waals surface area (Å²) in [6.45, 7) is 4.06. The molecule has 0 saturated carbocycles. The summed E-state index contributed by atoms with van der Waals surface area (Å²) >= 11 is 1.62. The third-order valence-electron chi connectivity index (χ3n) is 3.13. The molecule has 0 amide bonds.